The molecule has 0 aromatic rings. The Morgan fingerprint density at radius 2 is 1.87 bits per heavy atom. The van der Waals surface area contributed by atoms with Gasteiger partial charge in [-0.15, -0.1) is 0 Å². The second kappa shape index (κ2) is 5.67. The van der Waals surface area contributed by atoms with Crippen LogP contribution in [0, 0.1) is 0 Å². The molecule has 0 aliphatic rings. The zero-order chi connectivity index (χ0) is 12.1. The van der Waals surface area contributed by atoms with Crippen LogP contribution in [-0.2, 0) is 19.1 Å². The highest BCUT2D eigenvalue weighted by Gasteiger charge is 2.22. The van der Waals surface area contributed by atoms with E-state index in [2.05, 4.69) is 4.74 Å². The molecule has 0 saturated heterocycles. The summed E-state index contributed by atoms with van der Waals surface area (Å²) in [6, 6.07) is -0.972. The van der Waals surface area contributed by atoms with Crippen LogP contribution in [0.3, 0.4) is 0 Å². The quantitative estimate of drug-likeness (QED) is 0.596. The van der Waals surface area contributed by atoms with Crippen molar-refractivity contribution in [2.75, 3.05) is 13.2 Å². The van der Waals surface area contributed by atoms with E-state index in [-0.39, 0.29) is 13.2 Å². The van der Waals surface area contributed by atoms with Gasteiger partial charge in [-0.25, -0.2) is 0 Å². The Hall–Kier alpha value is -1.14. The van der Waals surface area contributed by atoms with Crippen molar-refractivity contribution in [1.82, 2.24) is 0 Å². The maximum absolute atomic E-state index is 11.3. The third-order valence-corrected chi connectivity index (χ3v) is 1.30. The van der Waals surface area contributed by atoms with E-state index in [0.29, 0.717) is 0 Å². The Kier molecular flexibility index (Phi) is 5.24. The molecule has 0 bridgehead atoms. The molecule has 0 heterocycles. The van der Waals surface area contributed by atoms with E-state index >= 15 is 0 Å². The minimum atomic E-state index is -0.972. The van der Waals surface area contributed by atoms with E-state index in [1.54, 1.807) is 20.8 Å². The second-order valence-electron chi connectivity index (χ2n) is 4.03. The molecule has 0 radical (unpaired) electrons. The summed E-state index contributed by atoms with van der Waals surface area (Å²) in [6.07, 6.45) is 0. The van der Waals surface area contributed by atoms with E-state index in [1.165, 1.54) is 0 Å². The first-order valence-electron chi connectivity index (χ1n) is 4.60. The van der Waals surface area contributed by atoms with Crippen LogP contribution in [0.4, 0.5) is 0 Å². The molecule has 6 nitrogen and oxygen atoms in total. The predicted octanol–water partition coefficient (Wildman–Crippen LogP) is -0.843. The molecule has 0 aromatic heterocycles. The lowest BCUT2D eigenvalue weighted by atomic mass is 10.2. The lowest BCUT2D eigenvalue weighted by Crippen LogP contribution is -2.41. The van der Waals surface area contributed by atoms with Crippen LogP contribution < -0.4 is 11.5 Å². The van der Waals surface area contributed by atoms with Gasteiger partial charge in [-0.1, -0.05) is 0 Å². The van der Waals surface area contributed by atoms with Gasteiger partial charge in [-0.3, -0.25) is 9.59 Å². The van der Waals surface area contributed by atoms with E-state index in [9.17, 15) is 9.59 Å². The van der Waals surface area contributed by atoms with Crippen LogP contribution in [0.1, 0.15) is 20.8 Å². The van der Waals surface area contributed by atoms with Crippen LogP contribution >= 0.6 is 0 Å². The van der Waals surface area contributed by atoms with Gasteiger partial charge in [0.1, 0.15) is 18.2 Å². The first kappa shape index (κ1) is 13.9. The highest BCUT2D eigenvalue weighted by molar-refractivity contribution is 5.77. The number of rotatable bonds is 4. The van der Waals surface area contributed by atoms with Crippen molar-refractivity contribution >= 4 is 11.9 Å². The molecule has 88 valence electrons. The third-order valence-electron chi connectivity index (χ3n) is 1.30. The Bertz CT molecular complexity index is 235. The molecule has 0 aliphatic carbocycles. The van der Waals surface area contributed by atoms with E-state index in [4.69, 9.17) is 16.2 Å². The first-order chi connectivity index (χ1) is 6.76. The second-order valence-corrected chi connectivity index (χ2v) is 4.03. The largest absolute Gasteiger partial charge is 0.462 e. The number of esters is 2. The number of carbonyl (C=O) groups excluding carboxylic acids is 2. The molecule has 6 heteroatoms. The van der Waals surface area contributed by atoms with E-state index in [0.717, 1.165) is 0 Å². The van der Waals surface area contributed by atoms with Crippen molar-refractivity contribution in [2.24, 2.45) is 11.5 Å². The summed E-state index contributed by atoms with van der Waals surface area (Å²) in [5.41, 5.74) is 9.83. The molecule has 4 N–H and O–H groups in total. The van der Waals surface area contributed by atoms with Gasteiger partial charge in [-0.05, 0) is 20.8 Å². The molecule has 1 atom stereocenters. The van der Waals surface area contributed by atoms with Gasteiger partial charge < -0.3 is 20.9 Å². The summed E-state index contributed by atoms with van der Waals surface area (Å²) in [4.78, 5) is 22.0. The molecular formula is C9H18N2O4. The standard InChI is InChI=1S/C9H18N2O4/c1-9(2,3)15-8(13)6(11)5-14-7(12)4-10/h6H,4-5,10-11H2,1-3H3. The lowest BCUT2D eigenvalue weighted by molar-refractivity contribution is -0.159. The highest BCUT2D eigenvalue weighted by atomic mass is 16.6. The highest BCUT2D eigenvalue weighted by Crippen LogP contribution is 2.07. The topological polar surface area (TPSA) is 105 Å². The summed E-state index contributed by atoms with van der Waals surface area (Å²) in [6.45, 7) is 4.72. The van der Waals surface area contributed by atoms with Crippen molar-refractivity contribution in [2.45, 2.75) is 32.4 Å². The summed E-state index contributed by atoms with van der Waals surface area (Å²) in [5.74, 6) is -1.21. The van der Waals surface area contributed by atoms with Crippen molar-refractivity contribution in [3.8, 4) is 0 Å². The molecule has 0 amide bonds. The Labute approximate surface area is 88.9 Å². The Morgan fingerprint density at radius 1 is 1.33 bits per heavy atom. The van der Waals surface area contributed by atoms with E-state index < -0.39 is 23.6 Å². The van der Waals surface area contributed by atoms with Crippen molar-refractivity contribution in [1.29, 1.82) is 0 Å². The summed E-state index contributed by atoms with van der Waals surface area (Å²) < 4.78 is 9.58. The minimum absolute atomic E-state index is 0.217. The van der Waals surface area contributed by atoms with Crippen LogP contribution in [0.15, 0.2) is 0 Å². The summed E-state index contributed by atoms with van der Waals surface area (Å²) in [7, 11) is 0. The molecule has 0 rings (SSSR count). The Balaban J connectivity index is 3.95. The number of ether oxygens (including phenoxy) is 2. The average Bonchev–Trinajstić information content (AvgIpc) is 2.10. The molecule has 0 fully saturated rings. The summed E-state index contributed by atoms with van der Waals surface area (Å²) >= 11 is 0. The molecule has 0 spiro atoms. The molecule has 0 aromatic carbocycles. The zero-order valence-electron chi connectivity index (χ0n) is 9.28. The van der Waals surface area contributed by atoms with E-state index in [1.807, 2.05) is 0 Å². The molecule has 15 heavy (non-hydrogen) atoms. The lowest BCUT2D eigenvalue weighted by Gasteiger charge is -2.21. The monoisotopic (exact) mass is 218 g/mol. The SMILES string of the molecule is CC(C)(C)OC(=O)C(N)COC(=O)CN. The number of nitrogens with two attached hydrogens (primary N) is 2. The minimum Gasteiger partial charge on any atom is -0.462 e. The molecule has 0 saturated carbocycles. The van der Waals surface area contributed by atoms with Crippen molar-refractivity contribution in [3.05, 3.63) is 0 Å². The van der Waals surface area contributed by atoms with Crippen molar-refractivity contribution < 1.29 is 19.1 Å². The Morgan fingerprint density at radius 3 is 2.27 bits per heavy atom. The third kappa shape index (κ3) is 6.87. The fraction of sp³-hybridized carbons (Fsp3) is 0.778. The van der Waals surface area contributed by atoms with Gasteiger partial charge in [0, 0.05) is 0 Å². The summed E-state index contributed by atoms with van der Waals surface area (Å²) in [5, 5.41) is 0. The van der Waals surface area contributed by atoms with Gasteiger partial charge in [0.05, 0.1) is 6.54 Å². The number of carbonyl (C=O) groups is 2. The zero-order valence-corrected chi connectivity index (χ0v) is 9.28. The fourth-order valence-corrected chi connectivity index (χ4v) is 0.687. The number of hydrogen-bond acceptors (Lipinski definition) is 6. The number of hydrogen-bond donors (Lipinski definition) is 2. The van der Waals surface area contributed by atoms with Gasteiger partial charge >= 0.3 is 11.9 Å². The first-order valence-corrected chi connectivity index (χ1v) is 4.60. The maximum Gasteiger partial charge on any atom is 0.326 e. The van der Waals surface area contributed by atoms with Crippen LogP contribution in [0.25, 0.3) is 0 Å². The normalized spacial score (nSPS) is 13.1. The average molecular weight is 218 g/mol. The van der Waals surface area contributed by atoms with Gasteiger partial charge in [0.15, 0.2) is 0 Å². The van der Waals surface area contributed by atoms with Gasteiger partial charge in [0.25, 0.3) is 0 Å². The van der Waals surface area contributed by atoms with Gasteiger partial charge in [0.2, 0.25) is 0 Å². The molecule has 0 aliphatic heterocycles. The maximum atomic E-state index is 11.3. The molecular weight excluding hydrogens is 200 g/mol. The van der Waals surface area contributed by atoms with Crippen LogP contribution in [0.5, 0.6) is 0 Å². The van der Waals surface area contributed by atoms with Crippen LogP contribution in [0.2, 0.25) is 0 Å². The van der Waals surface area contributed by atoms with Crippen molar-refractivity contribution in [3.63, 3.8) is 0 Å². The molecule has 1 unspecified atom stereocenters. The predicted molar refractivity (Wildman–Crippen MR) is 53.8 cm³/mol. The smallest absolute Gasteiger partial charge is 0.326 e. The fourth-order valence-electron chi connectivity index (χ4n) is 0.687. The van der Waals surface area contributed by atoms with Crippen LogP contribution in [-0.4, -0.2) is 36.7 Å². The van der Waals surface area contributed by atoms with Gasteiger partial charge in [-0.2, -0.15) is 0 Å².